The summed E-state index contributed by atoms with van der Waals surface area (Å²) in [5.41, 5.74) is 0. The van der Waals surface area contributed by atoms with Gasteiger partial charge in [0.05, 0.1) is 10.8 Å². The number of carboxylic acid groups (broad SMARTS) is 2. The minimum Gasteiger partial charge on any atom is -0.481 e. The van der Waals surface area contributed by atoms with E-state index >= 15 is 0 Å². The van der Waals surface area contributed by atoms with Gasteiger partial charge < -0.3 is 10.2 Å². The van der Waals surface area contributed by atoms with Crippen LogP contribution in [-0.2, 0) is 16.1 Å². The van der Waals surface area contributed by atoms with Crippen molar-refractivity contribution in [1.82, 2.24) is 5.32 Å². The molecule has 1 heterocycles. The van der Waals surface area contributed by atoms with E-state index in [0.29, 0.717) is 10.9 Å². The van der Waals surface area contributed by atoms with Crippen LogP contribution in [0, 0.1) is 0 Å². The van der Waals surface area contributed by atoms with Crippen LogP contribution in [0.5, 0.6) is 0 Å². The highest BCUT2D eigenvalue weighted by molar-refractivity contribution is 7.16. The molecule has 16 heavy (non-hydrogen) atoms. The topological polar surface area (TPSA) is 86.6 Å². The number of halogens is 1. The van der Waals surface area contributed by atoms with Gasteiger partial charge in [-0.05, 0) is 12.1 Å². The Kier molecular flexibility index (Phi) is 4.72. The second-order valence-electron chi connectivity index (χ2n) is 3.08. The van der Waals surface area contributed by atoms with E-state index in [1.165, 1.54) is 11.3 Å². The Hall–Kier alpha value is -1.11. The monoisotopic (exact) mass is 263 g/mol. The summed E-state index contributed by atoms with van der Waals surface area (Å²) in [6.07, 6.45) is -0.450. The van der Waals surface area contributed by atoms with Gasteiger partial charge in [-0.3, -0.25) is 14.9 Å². The number of hydrogen-bond donors (Lipinski definition) is 3. The zero-order chi connectivity index (χ0) is 12.1. The maximum atomic E-state index is 10.7. The lowest BCUT2D eigenvalue weighted by atomic mass is 10.2. The molecule has 0 bridgehead atoms. The number of hydrogen-bond acceptors (Lipinski definition) is 4. The van der Waals surface area contributed by atoms with E-state index in [9.17, 15) is 9.59 Å². The van der Waals surface area contributed by atoms with Crippen molar-refractivity contribution in [1.29, 1.82) is 0 Å². The second kappa shape index (κ2) is 5.83. The SMILES string of the molecule is O=C(O)CC(NCc1ccc(Cl)s1)C(=O)O. The normalized spacial score (nSPS) is 12.3. The van der Waals surface area contributed by atoms with E-state index < -0.39 is 24.4 Å². The third-order valence-electron chi connectivity index (χ3n) is 1.83. The summed E-state index contributed by atoms with van der Waals surface area (Å²) in [5.74, 6) is -2.32. The maximum absolute atomic E-state index is 10.7. The van der Waals surface area contributed by atoms with Crippen molar-refractivity contribution in [2.24, 2.45) is 0 Å². The molecule has 7 heteroatoms. The minimum atomic E-state index is -1.18. The molecule has 0 aromatic carbocycles. The molecule has 0 spiro atoms. The summed E-state index contributed by atoms with van der Waals surface area (Å²) in [7, 11) is 0. The van der Waals surface area contributed by atoms with Crippen LogP contribution in [0.3, 0.4) is 0 Å². The van der Waals surface area contributed by atoms with Crippen molar-refractivity contribution >= 4 is 34.9 Å². The molecule has 3 N–H and O–H groups in total. The number of thiophene rings is 1. The van der Waals surface area contributed by atoms with Gasteiger partial charge in [0.1, 0.15) is 6.04 Å². The Morgan fingerprint density at radius 3 is 2.56 bits per heavy atom. The molecule has 1 aromatic rings. The fourth-order valence-corrected chi connectivity index (χ4v) is 2.13. The fraction of sp³-hybridized carbons (Fsp3) is 0.333. The smallest absolute Gasteiger partial charge is 0.321 e. The molecule has 0 radical (unpaired) electrons. The van der Waals surface area contributed by atoms with E-state index in [1.807, 2.05) is 0 Å². The zero-order valence-corrected chi connectivity index (χ0v) is 9.72. The Bertz CT molecular complexity index is 393. The lowest BCUT2D eigenvalue weighted by molar-refractivity contribution is -0.146. The lowest BCUT2D eigenvalue weighted by Gasteiger charge is -2.10. The zero-order valence-electron chi connectivity index (χ0n) is 8.14. The molecule has 1 rings (SSSR count). The lowest BCUT2D eigenvalue weighted by Crippen LogP contribution is -2.37. The molecule has 88 valence electrons. The van der Waals surface area contributed by atoms with Gasteiger partial charge in [0.25, 0.3) is 0 Å². The number of rotatable bonds is 6. The second-order valence-corrected chi connectivity index (χ2v) is 4.88. The van der Waals surface area contributed by atoms with Gasteiger partial charge in [-0.25, -0.2) is 0 Å². The van der Waals surface area contributed by atoms with Gasteiger partial charge >= 0.3 is 11.9 Å². The van der Waals surface area contributed by atoms with Crippen LogP contribution in [0.25, 0.3) is 0 Å². The van der Waals surface area contributed by atoms with Gasteiger partial charge in [-0.2, -0.15) is 0 Å². The van der Waals surface area contributed by atoms with Gasteiger partial charge in [0.15, 0.2) is 0 Å². The average molecular weight is 264 g/mol. The summed E-state index contributed by atoms with van der Waals surface area (Å²) in [6, 6.07) is 2.38. The molecule has 0 saturated carbocycles. The molecule has 0 aliphatic heterocycles. The van der Waals surface area contributed by atoms with Crippen LogP contribution in [0.2, 0.25) is 4.34 Å². The molecule has 1 unspecified atom stereocenters. The van der Waals surface area contributed by atoms with Crippen LogP contribution < -0.4 is 5.32 Å². The number of aliphatic carboxylic acids is 2. The van der Waals surface area contributed by atoms with E-state index in [0.717, 1.165) is 4.88 Å². The first-order chi connectivity index (χ1) is 7.49. The van der Waals surface area contributed by atoms with Gasteiger partial charge in [0.2, 0.25) is 0 Å². The molecule has 1 aromatic heterocycles. The first kappa shape index (κ1) is 13.0. The predicted octanol–water partition coefficient (Wildman–Crippen LogP) is 1.42. The van der Waals surface area contributed by atoms with Crippen LogP contribution in [-0.4, -0.2) is 28.2 Å². The predicted molar refractivity (Wildman–Crippen MR) is 59.8 cm³/mol. The summed E-state index contributed by atoms with van der Waals surface area (Å²) in [4.78, 5) is 22.0. The van der Waals surface area contributed by atoms with Gasteiger partial charge in [-0.15, -0.1) is 11.3 Å². The molecule has 0 fully saturated rings. The highest BCUT2D eigenvalue weighted by Gasteiger charge is 2.20. The third kappa shape index (κ3) is 4.18. The van der Waals surface area contributed by atoms with Crippen molar-refractivity contribution in [3.05, 3.63) is 21.3 Å². The van der Waals surface area contributed by atoms with E-state index in [1.54, 1.807) is 12.1 Å². The Labute approximate surface area is 101 Å². The first-order valence-electron chi connectivity index (χ1n) is 4.41. The van der Waals surface area contributed by atoms with Crippen molar-refractivity contribution < 1.29 is 19.8 Å². The fourth-order valence-electron chi connectivity index (χ4n) is 1.09. The number of carboxylic acids is 2. The average Bonchev–Trinajstić information content (AvgIpc) is 2.58. The molecule has 1 atom stereocenters. The van der Waals surface area contributed by atoms with Crippen LogP contribution in [0.4, 0.5) is 0 Å². The molecule has 0 aliphatic rings. The molecule has 0 saturated heterocycles. The maximum Gasteiger partial charge on any atom is 0.321 e. The molecule has 5 nitrogen and oxygen atoms in total. The highest BCUT2D eigenvalue weighted by Crippen LogP contribution is 2.21. The summed E-state index contributed by atoms with van der Waals surface area (Å²) < 4.78 is 0.613. The number of nitrogens with one attached hydrogen (secondary N) is 1. The first-order valence-corrected chi connectivity index (χ1v) is 5.60. The summed E-state index contributed by atoms with van der Waals surface area (Å²) in [5, 5.41) is 19.9. The van der Waals surface area contributed by atoms with E-state index in [-0.39, 0.29) is 0 Å². The Morgan fingerprint density at radius 1 is 1.44 bits per heavy atom. The largest absolute Gasteiger partial charge is 0.481 e. The van der Waals surface area contributed by atoms with Crippen LogP contribution in [0.1, 0.15) is 11.3 Å². The van der Waals surface area contributed by atoms with E-state index in [4.69, 9.17) is 21.8 Å². The van der Waals surface area contributed by atoms with Crippen molar-refractivity contribution in [2.75, 3.05) is 0 Å². The molecular weight excluding hydrogens is 254 g/mol. The standard InChI is InChI=1S/C9H10ClNO4S/c10-7-2-1-5(16-7)4-11-6(9(14)15)3-8(12)13/h1-2,6,11H,3-4H2,(H,12,13)(H,14,15). The van der Waals surface area contributed by atoms with Crippen LogP contribution >= 0.6 is 22.9 Å². The van der Waals surface area contributed by atoms with Crippen LogP contribution in [0.15, 0.2) is 12.1 Å². The van der Waals surface area contributed by atoms with Gasteiger partial charge in [-0.1, -0.05) is 11.6 Å². The van der Waals surface area contributed by atoms with Crippen molar-refractivity contribution in [2.45, 2.75) is 19.0 Å². The molecule has 0 aliphatic carbocycles. The summed E-state index contributed by atoms with van der Waals surface area (Å²) in [6.45, 7) is 0.293. The Balaban J connectivity index is 2.50. The Morgan fingerprint density at radius 2 is 2.12 bits per heavy atom. The molecular formula is C9H10ClNO4S. The highest BCUT2D eigenvalue weighted by atomic mass is 35.5. The molecule has 0 amide bonds. The minimum absolute atomic E-state index is 0.293. The number of carbonyl (C=O) groups is 2. The van der Waals surface area contributed by atoms with Gasteiger partial charge in [0, 0.05) is 11.4 Å². The summed E-state index contributed by atoms with van der Waals surface area (Å²) >= 11 is 7.03. The third-order valence-corrected chi connectivity index (χ3v) is 3.06. The quantitative estimate of drug-likeness (QED) is 0.723. The van der Waals surface area contributed by atoms with Crippen molar-refractivity contribution in [3.8, 4) is 0 Å². The van der Waals surface area contributed by atoms with E-state index in [2.05, 4.69) is 5.32 Å². The van der Waals surface area contributed by atoms with Crippen molar-refractivity contribution in [3.63, 3.8) is 0 Å².